The topological polar surface area (TPSA) is 32.3 Å². The van der Waals surface area contributed by atoms with E-state index in [1.54, 1.807) is 0 Å². The first-order valence-corrected chi connectivity index (χ1v) is 17.2. The predicted molar refractivity (Wildman–Crippen MR) is 193 cm³/mol. The van der Waals surface area contributed by atoms with Crippen LogP contribution in [0.5, 0.6) is 0 Å². The third-order valence-corrected chi connectivity index (χ3v) is 10.2. The van der Waals surface area contributed by atoms with Gasteiger partial charge in [0, 0.05) is 52.6 Å². The molecule has 2 aliphatic carbocycles. The number of hydrogen-bond acceptors (Lipinski definition) is 2. The summed E-state index contributed by atoms with van der Waals surface area (Å²) >= 11 is 6.92. The SMILES string of the molecule is CN(c1ccc(C(=C2C(c3ccccc3)=[N+](C)c3ccccc32)c2ccccc2Cl)cc1)C1CCCCC1.NC1CCCCC1. The van der Waals surface area contributed by atoms with Crippen molar-refractivity contribution < 1.29 is 4.58 Å². The van der Waals surface area contributed by atoms with Gasteiger partial charge < -0.3 is 10.6 Å². The second-order valence-electron chi connectivity index (χ2n) is 12.9. The molecular weight excluding hydrogens is 570 g/mol. The summed E-state index contributed by atoms with van der Waals surface area (Å²) < 4.78 is 2.32. The maximum atomic E-state index is 6.92. The van der Waals surface area contributed by atoms with Crippen molar-refractivity contribution in [3.63, 3.8) is 0 Å². The Morgan fingerprint density at radius 3 is 1.96 bits per heavy atom. The third-order valence-electron chi connectivity index (χ3n) is 9.88. The fourth-order valence-corrected chi connectivity index (χ4v) is 7.59. The molecule has 2 N–H and O–H groups in total. The zero-order valence-corrected chi connectivity index (χ0v) is 27.6. The lowest BCUT2D eigenvalue weighted by Crippen LogP contribution is -2.33. The average Bonchev–Trinajstić information content (AvgIpc) is 3.39. The molecule has 0 bridgehead atoms. The summed E-state index contributed by atoms with van der Waals surface area (Å²) in [6.07, 6.45) is 13.3. The molecule has 2 saturated carbocycles. The number of nitrogens with two attached hydrogens (primary N) is 1. The Balaban J connectivity index is 0.000000452. The van der Waals surface area contributed by atoms with Gasteiger partial charge in [0.2, 0.25) is 11.4 Å². The lowest BCUT2D eigenvalue weighted by molar-refractivity contribution is -0.400. The van der Waals surface area contributed by atoms with Gasteiger partial charge in [0.1, 0.15) is 7.05 Å². The molecule has 3 aliphatic rings. The molecule has 0 saturated heterocycles. The first-order valence-electron chi connectivity index (χ1n) is 16.9. The van der Waals surface area contributed by atoms with Gasteiger partial charge in [-0.2, -0.15) is 4.58 Å². The molecule has 7 rings (SSSR count). The van der Waals surface area contributed by atoms with Crippen molar-refractivity contribution in [3.8, 4) is 0 Å². The summed E-state index contributed by atoms with van der Waals surface area (Å²) in [6.45, 7) is 0. The number of benzene rings is 4. The summed E-state index contributed by atoms with van der Waals surface area (Å²) in [5.74, 6) is 0. The van der Waals surface area contributed by atoms with Crippen LogP contribution in [0.1, 0.15) is 86.5 Å². The molecule has 1 heterocycles. The quantitative estimate of drug-likeness (QED) is 0.226. The molecule has 0 aromatic heterocycles. The summed E-state index contributed by atoms with van der Waals surface area (Å²) in [7, 11) is 4.42. The van der Waals surface area contributed by atoms with Crippen molar-refractivity contribution in [1.82, 2.24) is 0 Å². The van der Waals surface area contributed by atoms with Crippen LogP contribution in [0.15, 0.2) is 103 Å². The van der Waals surface area contributed by atoms with Gasteiger partial charge in [0.05, 0.1) is 11.1 Å². The van der Waals surface area contributed by atoms with E-state index in [0.29, 0.717) is 12.1 Å². The van der Waals surface area contributed by atoms with E-state index in [9.17, 15) is 0 Å². The molecule has 0 unspecified atom stereocenters. The van der Waals surface area contributed by atoms with Crippen molar-refractivity contribution in [2.75, 3.05) is 19.0 Å². The second kappa shape index (κ2) is 14.6. The maximum absolute atomic E-state index is 6.92. The second-order valence-corrected chi connectivity index (χ2v) is 13.3. The van der Waals surface area contributed by atoms with Crippen LogP contribution in [0.25, 0.3) is 11.1 Å². The first-order chi connectivity index (χ1) is 22.0. The molecule has 0 spiro atoms. The van der Waals surface area contributed by atoms with Crippen molar-refractivity contribution in [2.24, 2.45) is 5.73 Å². The van der Waals surface area contributed by atoms with E-state index >= 15 is 0 Å². The molecule has 0 radical (unpaired) electrons. The number of anilines is 1. The number of rotatable bonds is 5. The minimum atomic E-state index is 0.536. The molecule has 45 heavy (non-hydrogen) atoms. The van der Waals surface area contributed by atoms with Gasteiger partial charge in [-0.1, -0.05) is 111 Å². The largest absolute Gasteiger partial charge is 0.372 e. The monoisotopic (exact) mass is 616 g/mol. The van der Waals surface area contributed by atoms with Gasteiger partial charge in [-0.05, 0) is 67.6 Å². The zero-order valence-electron chi connectivity index (χ0n) is 26.9. The number of halogens is 1. The van der Waals surface area contributed by atoms with Gasteiger partial charge >= 0.3 is 0 Å². The normalized spacial score (nSPS) is 18.2. The van der Waals surface area contributed by atoms with Crippen LogP contribution in [0.4, 0.5) is 11.4 Å². The maximum Gasteiger partial charge on any atom is 0.221 e. The number of nitrogens with zero attached hydrogens (tertiary/aromatic N) is 2. The molecular formula is C41H47ClN3+. The van der Waals surface area contributed by atoms with Crippen molar-refractivity contribution in [1.29, 1.82) is 0 Å². The van der Waals surface area contributed by atoms with Crippen LogP contribution in [0.2, 0.25) is 5.02 Å². The Labute approximate surface area is 275 Å². The van der Waals surface area contributed by atoms with E-state index in [2.05, 4.69) is 115 Å². The standard InChI is InChI=1S/C35H34ClN2.C6H13N/c1-37(27-15-7-4-8-16-27)28-23-21-25(22-24-28)33(29-17-9-11-19-31(29)36)34-30-18-10-12-20-32(30)38(2)35(34)26-13-5-3-6-14-26;7-6-4-2-1-3-5-6/h3,5-6,9-14,17-24,27H,4,7-8,15-16H2,1-2H3;6H,1-5,7H2/q+1;. The molecule has 0 atom stereocenters. The van der Waals surface area contributed by atoms with Crippen molar-refractivity contribution in [2.45, 2.75) is 76.3 Å². The highest BCUT2D eigenvalue weighted by Crippen LogP contribution is 2.44. The first kappa shape index (κ1) is 31.3. The zero-order chi connectivity index (χ0) is 31.2. The number of hydrogen-bond donors (Lipinski definition) is 1. The van der Waals surface area contributed by atoms with E-state index in [1.165, 1.54) is 104 Å². The van der Waals surface area contributed by atoms with Crippen LogP contribution in [-0.2, 0) is 0 Å². The molecule has 1 aliphatic heterocycles. The minimum absolute atomic E-state index is 0.536. The third kappa shape index (κ3) is 6.95. The molecule has 0 amide bonds. The molecule has 232 valence electrons. The fraction of sp³-hybridized carbons (Fsp3) is 0.341. The molecule has 3 nitrogen and oxygen atoms in total. The van der Waals surface area contributed by atoms with Crippen LogP contribution < -0.4 is 10.6 Å². The molecule has 4 heteroatoms. The van der Waals surface area contributed by atoms with Gasteiger partial charge in [-0.15, -0.1) is 0 Å². The average molecular weight is 617 g/mol. The Hall–Kier alpha value is -3.66. The van der Waals surface area contributed by atoms with Crippen molar-refractivity contribution >= 4 is 39.8 Å². The Morgan fingerprint density at radius 1 is 0.711 bits per heavy atom. The summed E-state index contributed by atoms with van der Waals surface area (Å²) in [5.41, 5.74) is 16.4. The van der Waals surface area contributed by atoms with E-state index < -0.39 is 0 Å². The Morgan fingerprint density at radius 2 is 1.31 bits per heavy atom. The minimum Gasteiger partial charge on any atom is -0.372 e. The fourth-order valence-electron chi connectivity index (χ4n) is 7.36. The highest BCUT2D eigenvalue weighted by atomic mass is 35.5. The molecule has 2 fully saturated rings. The number of fused-ring (bicyclic) bond motifs is 1. The van der Waals surface area contributed by atoms with Crippen LogP contribution in [0.3, 0.4) is 0 Å². The summed E-state index contributed by atoms with van der Waals surface area (Å²) in [6, 6.07) is 37.9. The van der Waals surface area contributed by atoms with Gasteiger partial charge in [0.25, 0.3) is 0 Å². The van der Waals surface area contributed by atoms with Gasteiger partial charge in [-0.3, -0.25) is 0 Å². The van der Waals surface area contributed by atoms with E-state index in [0.717, 1.165) is 16.2 Å². The van der Waals surface area contributed by atoms with E-state index in [4.69, 9.17) is 17.3 Å². The lowest BCUT2D eigenvalue weighted by atomic mass is 9.86. The Bertz CT molecular complexity index is 1640. The summed E-state index contributed by atoms with van der Waals surface area (Å²) in [4.78, 5) is 2.48. The van der Waals surface area contributed by atoms with Crippen LogP contribution in [0, 0.1) is 0 Å². The smallest absolute Gasteiger partial charge is 0.221 e. The van der Waals surface area contributed by atoms with Gasteiger partial charge in [0.15, 0.2) is 0 Å². The predicted octanol–water partition coefficient (Wildman–Crippen LogP) is 10.1. The number of allylic oxidation sites excluding steroid dienone is 1. The Kier molecular flexibility index (Phi) is 10.2. The van der Waals surface area contributed by atoms with E-state index in [-0.39, 0.29) is 0 Å². The van der Waals surface area contributed by atoms with Gasteiger partial charge in [-0.25, -0.2) is 0 Å². The molecule has 4 aromatic rings. The summed E-state index contributed by atoms with van der Waals surface area (Å²) in [5, 5.41) is 0.762. The van der Waals surface area contributed by atoms with Crippen LogP contribution in [-0.4, -0.2) is 36.5 Å². The lowest BCUT2D eigenvalue weighted by Gasteiger charge is -2.33. The van der Waals surface area contributed by atoms with E-state index in [1.807, 2.05) is 12.1 Å². The highest BCUT2D eigenvalue weighted by molar-refractivity contribution is 6.40. The highest BCUT2D eigenvalue weighted by Gasteiger charge is 2.36. The van der Waals surface area contributed by atoms with Crippen LogP contribution >= 0.6 is 11.6 Å². The van der Waals surface area contributed by atoms with Crippen molar-refractivity contribution in [3.05, 3.63) is 130 Å². The number of para-hydroxylation sites is 1. The molecule has 4 aromatic carbocycles.